The summed E-state index contributed by atoms with van der Waals surface area (Å²) in [7, 11) is 0. The molecule has 2 rings (SSSR count). The highest BCUT2D eigenvalue weighted by Crippen LogP contribution is 2.30. The molecule has 0 unspecified atom stereocenters. The number of carboxylic acid groups (broad SMARTS) is 1. The molecule has 3 N–H and O–H groups in total. The van der Waals surface area contributed by atoms with E-state index < -0.39 is 11.9 Å². The monoisotopic (exact) mass is 332 g/mol. The topological polar surface area (TPSA) is 116 Å². The van der Waals surface area contributed by atoms with E-state index in [-0.39, 0.29) is 25.2 Å². The molecule has 1 aromatic rings. The van der Waals surface area contributed by atoms with E-state index in [2.05, 4.69) is 10.2 Å². The van der Waals surface area contributed by atoms with Gasteiger partial charge in [-0.3, -0.25) is 9.59 Å². The number of hydrogen-bond acceptors (Lipinski definition) is 5. The Morgan fingerprint density at radius 2 is 1.83 bits per heavy atom. The third kappa shape index (κ3) is 4.97. The van der Waals surface area contributed by atoms with Crippen LogP contribution in [0.1, 0.15) is 48.9 Å². The van der Waals surface area contributed by atoms with Crippen molar-refractivity contribution in [2.45, 2.75) is 38.5 Å². The average molecular weight is 332 g/mol. The quantitative estimate of drug-likeness (QED) is 0.760. The summed E-state index contributed by atoms with van der Waals surface area (Å²) in [4.78, 5) is 36.0. The van der Waals surface area contributed by atoms with Crippen molar-refractivity contribution in [2.24, 2.45) is 5.73 Å². The number of nitrogens with two attached hydrogens (primary N) is 1. The van der Waals surface area contributed by atoms with Crippen molar-refractivity contribution in [3.8, 4) is 0 Å². The Balaban J connectivity index is 2.14. The smallest absolute Gasteiger partial charge is 0.248 e. The van der Waals surface area contributed by atoms with Gasteiger partial charge >= 0.3 is 0 Å². The number of piperidine rings is 1. The summed E-state index contributed by atoms with van der Waals surface area (Å²) in [6, 6.07) is 5.02. The van der Waals surface area contributed by atoms with Crippen LogP contribution in [0.15, 0.2) is 18.2 Å². The molecule has 1 heterocycles. The van der Waals surface area contributed by atoms with Crippen molar-refractivity contribution in [2.75, 3.05) is 23.3 Å². The molecule has 0 radical (unpaired) electrons. The zero-order valence-corrected chi connectivity index (χ0v) is 13.5. The van der Waals surface area contributed by atoms with Gasteiger partial charge in [0.15, 0.2) is 0 Å². The van der Waals surface area contributed by atoms with E-state index in [1.165, 1.54) is 6.42 Å². The Kier molecular flexibility index (Phi) is 6.17. The van der Waals surface area contributed by atoms with Crippen LogP contribution in [0, 0.1) is 0 Å². The predicted octanol–water partition coefficient (Wildman–Crippen LogP) is 0.634. The van der Waals surface area contributed by atoms with Crippen LogP contribution >= 0.6 is 0 Å². The Morgan fingerprint density at radius 1 is 1.12 bits per heavy atom. The number of nitrogens with one attached hydrogen (secondary N) is 1. The third-order valence-corrected chi connectivity index (χ3v) is 4.04. The molecule has 130 valence electrons. The zero-order chi connectivity index (χ0) is 17.5. The molecule has 2 amide bonds. The Labute approximate surface area is 140 Å². The summed E-state index contributed by atoms with van der Waals surface area (Å²) in [5.74, 6) is -2.03. The number of amides is 2. The first-order valence-corrected chi connectivity index (χ1v) is 8.16. The van der Waals surface area contributed by atoms with Crippen LogP contribution in [-0.4, -0.2) is 30.9 Å². The maximum absolute atomic E-state index is 12.1. The summed E-state index contributed by atoms with van der Waals surface area (Å²) < 4.78 is 0. The molecule has 0 saturated carbocycles. The first-order chi connectivity index (χ1) is 11.5. The number of carbonyl (C=O) groups is 3. The van der Waals surface area contributed by atoms with E-state index in [9.17, 15) is 19.5 Å². The maximum atomic E-state index is 12.1. The van der Waals surface area contributed by atoms with Crippen molar-refractivity contribution >= 4 is 29.2 Å². The van der Waals surface area contributed by atoms with Gasteiger partial charge < -0.3 is 25.9 Å². The molecule has 0 bridgehead atoms. The zero-order valence-electron chi connectivity index (χ0n) is 13.5. The van der Waals surface area contributed by atoms with Crippen molar-refractivity contribution in [1.29, 1.82) is 0 Å². The van der Waals surface area contributed by atoms with Crippen LogP contribution in [0.4, 0.5) is 11.4 Å². The normalized spacial score (nSPS) is 14.2. The first-order valence-electron chi connectivity index (χ1n) is 8.16. The van der Waals surface area contributed by atoms with Crippen molar-refractivity contribution < 1.29 is 19.5 Å². The number of carboxylic acids is 1. The second kappa shape index (κ2) is 8.33. The number of hydrogen-bond donors (Lipinski definition) is 2. The molecule has 1 aromatic carbocycles. The summed E-state index contributed by atoms with van der Waals surface area (Å²) in [6.07, 6.45) is 3.47. The highest BCUT2D eigenvalue weighted by molar-refractivity contribution is 5.99. The standard InChI is InChI=1S/C17H23N3O4/c18-17(24)12-7-8-14(20-9-2-1-3-10-20)13(11-12)19-15(21)5-4-6-16(22)23/h7-8,11H,1-6,9-10H2,(H2,18,24)(H,19,21)(H,22,23)/p-1. The van der Waals surface area contributed by atoms with Crippen LogP contribution in [-0.2, 0) is 9.59 Å². The lowest BCUT2D eigenvalue weighted by Crippen LogP contribution is -2.30. The largest absolute Gasteiger partial charge is 0.550 e. The lowest BCUT2D eigenvalue weighted by atomic mass is 10.1. The molecule has 0 aromatic heterocycles. The van der Waals surface area contributed by atoms with Gasteiger partial charge in [-0.15, -0.1) is 0 Å². The van der Waals surface area contributed by atoms with Gasteiger partial charge in [0.25, 0.3) is 0 Å². The van der Waals surface area contributed by atoms with E-state index in [4.69, 9.17) is 5.73 Å². The fourth-order valence-corrected chi connectivity index (χ4v) is 2.81. The fourth-order valence-electron chi connectivity index (χ4n) is 2.81. The van der Waals surface area contributed by atoms with Crippen LogP contribution in [0.5, 0.6) is 0 Å². The van der Waals surface area contributed by atoms with Crippen LogP contribution < -0.4 is 21.1 Å². The van der Waals surface area contributed by atoms with Crippen molar-refractivity contribution in [3.05, 3.63) is 23.8 Å². The summed E-state index contributed by atoms with van der Waals surface area (Å²) in [5.41, 5.74) is 7.03. The highest BCUT2D eigenvalue weighted by atomic mass is 16.4. The molecule has 24 heavy (non-hydrogen) atoms. The van der Waals surface area contributed by atoms with Gasteiger partial charge in [-0.05, 0) is 50.3 Å². The number of anilines is 2. The van der Waals surface area contributed by atoms with Gasteiger partial charge in [0, 0.05) is 31.0 Å². The molecule has 1 fully saturated rings. The van der Waals surface area contributed by atoms with Gasteiger partial charge in [0.2, 0.25) is 11.8 Å². The molecule has 1 aliphatic heterocycles. The lowest BCUT2D eigenvalue weighted by molar-refractivity contribution is -0.305. The van der Waals surface area contributed by atoms with Gasteiger partial charge in [-0.1, -0.05) is 0 Å². The van der Waals surface area contributed by atoms with E-state index in [0.29, 0.717) is 11.3 Å². The first kappa shape index (κ1) is 17.8. The third-order valence-electron chi connectivity index (χ3n) is 4.04. The minimum atomic E-state index is -1.17. The SMILES string of the molecule is NC(=O)c1ccc(N2CCCCC2)c(NC(=O)CCCC(=O)[O-])c1. The van der Waals surface area contributed by atoms with Gasteiger partial charge in [0.1, 0.15) is 0 Å². The minimum absolute atomic E-state index is 0.0776. The molecular weight excluding hydrogens is 310 g/mol. The number of aliphatic carboxylic acids is 1. The van der Waals surface area contributed by atoms with Gasteiger partial charge in [0.05, 0.1) is 11.4 Å². The second-order valence-electron chi connectivity index (χ2n) is 5.92. The van der Waals surface area contributed by atoms with Gasteiger partial charge in [-0.2, -0.15) is 0 Å². The molecule has 0 atom stereocenters. The Morgan fingerprint density at radius 3 is 2.46 bits per heavy atom. The summed E-state index contributed by atoms with van der Waals surface area (Å²) in [6.45, 7) is 1.78. The van der Waals surface area contributed by atoms with Gasteiger partial charge in [-0.25, -0.2) is 0 Å². The van der Waals surface area contributed by atoms with E-state index in [1.807, 2.05) is 0 Å². The Bertz CT molecular complexity index is 624. The second-order valence-corrected chi connectivity index (χ2v) is 5.92. The Hall–Kier alpha value is -2.57. The molecule has 1 aliphatic rings. The maximum Gasteiger partial charge on any atom is 0.248 e. The minimum Gasteiger partial charge on any atom is -0.550 e. The molecule has 7 heteroatoms. The van der Waals surface area contributed by atoms with E-state index >= 15 is 0 Å². The molecule has 0 aliphatic carbocycles. The predicted molar refractivity (Wildman–Crippen MR) is 88.5 cm³/mol. The van der Waals surface area contributed by atoms with Crippen LogP contribution in [0.2, 0.25) is 0 Å². The molecular formula is C17H22N3O4-. The molecule has 7 nitrogen and oxygen atoms in total. The van der Waals surface area contributed by atoms with E-state index in [1.54, 1.807) is 18.2 Å². The van der Waals surface area contributed by atoms with E-state index in [0.717, 1.165) is 31.6 Å². The van der Waals surface area contributed by atoms with Crippen molar-refractivity contribution in [3.63, 3.8) is 0 Å². The number of nitrogens with zero attached hydrogens (tertiary/aromatic N) is 1. The lowest BCUT2D eigenvalue weighted by Gasteiger charge is -2.30. The molecule has 1 saturated heterocycles. The van der Waals surface area contributed by atoms with Crippen LogP contribution in [0.3, 0.4) is 0 Å². The number of primary amides is 1. The van der Waals surface area contributed by atoms with Crippen molar-refractivity contribution in [1.82, 2.24) is 0 Å². The fraction of sp³-hybridized carbons (Fsp3) is 0.471. The highest BCUT2D eigenvalue weighted by Gasteiger charge is 2.17. The van der Waals surface area contributed by atoms with Crippen LogP contribution in [0.25, 0.3) is 0 Å². The summed E-state index contributed by atoms with van der Waals surface area (Å²) >= 11 is 0. The summed E-state index contributed by atoms with van der Waals surface area (Å²) in [5, 5.41) is 13.2. The average Bonchev–Trinajstić information content (AvgIpc) is 2.55. The molecule has 0 spiro atoms. The number of benzene rings is 1. The number of carbonyl (C=O) groups excluding carboxylic acids is 3. The number of rotatable bonds is 7.